The van der Waals surface area contributed by atoms with Gasteiger partial charge in [-0.25, -0.2) is 4.98 Å². The molecule has 3 aromatic heterocycles. The van der Waals surface area contributed by atoms with Crippen LogP contribution in [0.1, 0.15) is 34.1 Å². The van der Waals surface area contributed by atoms with Gasteiger partial charge in [0.2, 0.25) is 5.13 Å². The molecule has 10 nitrogen and oxygen atoms in total. The summed E-state index contributed by atoms with van der Waals surface area (Å²) in [6.07, 6.45) is 1.80. The third kappa shape index (κ3) is 5.57. The number of nitrogens with zero attached hydrogens (tertiary/aromatic N) is 5. The second kappa shape index (κ2) is 12.3. The summed E-state index contributed by atoms with van der Waals surface area (Å²) < 4.78 is 7.94. The highest BCUT2D eigenvalue weighted by molar-refractivity contribution is 9.10. The second-order valence-electron chi connectivity index (χ2n) is 10.0. The molecule has 6 rings (SSSR count). The van der Waals surface area contributed by atoms with Crippen molar-refractivity contribution in [2.75, 3.05) is 12.0 Å². The van der Waals surface area contributed by atoms with Crippen molar-refractivity contribution in [2.45, 2.75) is 30.0 Å². The van der Waals surface area contributed by atoms with E-state index in [1.807, 2.05) is 25.1 Å². The van der Waals surface area contributed by atoms with Gasteiger partial charge in [-0.15, -0.1) is 10.2 Å². The Morgan fingerprint density at radius 3 is 2.64 bits per heavy atom. The van der Waals surface area contributed by atoms with Crippen LogP contribution in [0.5, 0.6) is 11.5 Å². The number of benzene rings is 2. The molecule has 0 saturated carbocycles. The zero-order valence-corrected chi connectivity index (χ0v) is 28.4. The number of aliphatic hydroxyl groups is 1. The standard InChI is InChI=1S/C30H22BrCl2N5O5S2/c1-13-5-4-8-37-14(2)22(34-27(13)37)25(40)21-23(16-9-18(31)24(39)20(10-16)43-3)38(28(42)26(21)41)29-35-36-30(45-29)44-12-15-6-7-17(32)11-19(15)33/h4-11,23,39-40H,12H2,1-3H3. The molecular weight excluding hydrogens is 725 g/mol. The summed E-state index contributed by atoms with van der Waals surface area (Å²) in [5.74, 6) is -1.89. The molecule has 230 valence electrons. The molecule has 1 atom stereocenters. The van der Waals surface area contributed by atoms with E-state index >= 15 is 0 Å². The lowest BCUT2D eigenvalue weighted by molar-refractivity contribution is -0.132. The number of ether oxygens (including phenoxy) is 1. The van der Waals surface area contributed by atoms with Crippen LogP contribution < -0.4 is 9.64 Å². The lowest BCUT2D eigenvalue weighted by atomic mass is 9.96. The zero-order chi connectivity index (χ0) is 32.2. The molecule has 0 radical (unpaired) electrons. The Morgan fingerprint density at radius 2 is 1.93 bits per heavy atom. The van der Waals surface area contributed by atoms with Crippen molar-refractivity contribution in [3.8, 4) is 11.5 Å². The largest absolute Gasteiger partial charge is 0.505 e. The van der Waals surface area contributed by atoms with Crippen LogP contribution in [0.15, 0.2) is 63.0 Å². The molecule has 0 aliphatic carbocycles. The molecule has 2 aromatic carbocycles. The van der Waals surface area contributed by atoms with Crippen molar-refractivity contribution in [3.63, 3.8) is 0 Å². The molecule has 4 heterocycles. The van der Waals surface area contributed by atoms with Gasteiger partial charge in [-0.1, -0.05) is 58.4 Å². The summed E-state index contributed by atoms with van der Waals surface area (Å²) in [5.41, 5.74) is 3.21. The van der Waals surface area contributed by atoms with E-state index in [2.05, 4.69) is 31.1 Å². The quantitative estimate of drug-likeness (QED) is 0.0572. The molecule has 15 heteroatoms. The maximum Gasteiger partial charge on any atom is 0.301 e. The maximum absolute atomic E-state index is 13.8. The number of methoxy groups -OCH3 is 1. The Morgan fingerprint density at radius 1 is 1.16 bits per heavy atom. The number of carbonyl (C=O) groups excluding carboxylic acids is 2. The predicted molar refractivity (Wildman–Crippen MR) is 178 cm³/mol. The number of hydrogen-bond acceptors (Lipinski definition) is 10. The number of aryl methyl sites for hydroxylation is 2. The normalized spacial score (nSPS) is 16.2. The van der Waals surface area contributed by atoms with E-state index in [0.29, 0.717) is 37.0 Å². The van der Waals surface area contributed by atoms with Gasteiger partial charge in [0.25, 0.3) is 5.78 Å². The zero-order valence-electron chi connectivity index (χ0n) is 23.7. The number of aliphatic hydroxyl groups excluding tert-OH is 1. The molecule has 1 unspecified atom stereocenters. The number of phenolic OH excluding ortho intramolecular Hbond substituents is 1. The SMILES string of the molecule is COc1cc(C2C(=C(O)c3nc4c(C)cccn4c3C)C(=O)C(=O)N2c2nnc(SCc3ccc(Cl)cc3Cl)s2)cc(Br)c1O. The molecule has 0 spiro atoms. The first kappa shape index (κ1) is 31.4. The van der Waals surface area contributed by atoms with Gasteiger partial charge in [-0.05, 0) is 76.8 Å². The summed E-state index contributed by atoms with van der Waals surface area (Å²) in [6.45, 7) is 3.65. The molecule has 1 fully saturated rings. The van der Waals surface area contributed by atoms with Gasteiger partial charge >= 0.3 is 5.91 Å². The van der Waals surface area contributed by atoms with Gasteiger partial charge in [0.15, 0.2) is 21.6 Å². The minimum absolute atomic E-state index is 0.0952. The number of carbonyl (C=O) groups is 2. The molecule has 5 aromatic rings. The third-order valence-corrected chi connectivity index (χ3v) is 10.6. The number of Topliss-reactive ketones (excluding diaryl/α,β-unsaturated/α-hetero) is 1. The number of amides is 1. The fourth-order valence-electron chi connectivity index (χ4n) is 5.06. The van der Waals surface area contributed by atoms with Crippen molar-refractivity contribution in [3.05, 3.63) is 96.8 Å². The van der Waals surface area contributed by atoms with Crippen LogP contribution in [0.4, 0.5) is 5.13 Å². The van der Waals surface area contributed by atoms with Gasteiger partial charge < -0.3 is 19.4 Å². The number of rotatable bonds is 7. The molecule has 0 bridgehead atoms. The summed E-state index contributed by atoms with van der Waals surface area (Å²) in [4.78, 5) is 33.3. The summed E-state index contributed by atoms with van der Waals surface area (Å²) in [7, 11) is 1.38. The van der Waals surface area contributed by atoms with E-state index in [4.69, 9.17) is 27.9 Å². The van der Waals surface area contributed by atoms with Crippen molar-refractivity contribution in [2.24, 2.45) is 0 Å². The fraction of sp³-hybridized carbons (Fsp3) is 0.167. The highest BCUT2D eigenvalue weighted by Gasteiger charge is 2.49. The molecule has 1 saturated heterocycles. The molecule has 1 aliphatic heterocycles. The van der Waals surface area contributed by atoms with Crippen molar-refractivity contribution < 1.29 is 24.5 Å². The third-order valence-electron chi connectivity index (χ3n) is 7.31. The Kier molecular flexibility index (Phi) is 8.57. The minimum atomic E-state index is -1.15. The highest BCUT2D eigenvalue weighted by atomic mass is 79.9. The maximum atomic E-state index is 13.8. The van der Waals surface area contributed by atoms with E-state index in [1.165, 1.54) is 29.8 Å². The lowest BCUT2D eigenvalue weighted by Gasteiger charge is -2.23. The molecule has 2 N–H and O–H groups in total. The van der Waals surface area contributed by atoms with Gasteiger partial charge in [0, 0.05) is 22.0 Å². The number of ketones is 1. The van der Waals surface area contributed by atoms with Gasteiger partial charge in [-0.3, -0.25) is 14.5 Å². The Bertz CT molecular complexity index is 2060. The number of imidazole rings is 1. The van der Waals surface area contributed by atoms with Gasteiger partial charge in [-0.2, -0.15) is 0 Å². The van der Waals surface area contributed by atoms with Crippen LogP contribution in [0.25, 0.3) is 11.4 Å². The molecular formula is C30H22BrCl2N5O5S2. The number of halogens is 3. The van der Waals surface area contributed by atoms with Crippen molar-refractivity contribution >= 4 is 90.5 Å². The monoisotopic (exact) mass is 745 g/mol. The number of phenols is 1. The average molecular weight is 747 g/mol. The summed E-state index contributed by atoms with van der Waals surface area (Å²) >= 11 is 18.1. The van der Waals surface area contributed by atoms with E-state index < -0.39 is 23.5 Å². The predicted octanol–water partition coefficient (Wildman–Crippen LogP) is 7.50. The summed E-state index contributed by atoms with van der Waals surface area (Å²) in [6, 6.07) is 10.8. The van der Waals surface area contributed by atoms with Gasteiger partial charge in [0.1, 0.15) is 11.3 Å². The summed E-state index contributed by atoms with van der Waals surface area (Å²) in [5, 5.41) is 31.9. The molecule has 1 amide bonds. The Balaban J connectivity index is 1.47. The van der Waals surface area contributed by atoms with Gasteiger partial charge in [0.05, 0.1) is 28.9 Å². The number of fused-ring (bicyclic) bond motifs is 1. The number of thioether (sulfide) groups is 1. The highest BCUT2D eigenvalue weighted by Crippen LogP contribution is 2.47. The van der Waals surface area contributed by atoms with Crippen LogP contribution >= 0.6 is 62.2 Å². The Hall–Kier alpha value is -3.62. The van der Waals surface area contributed by atoms with Crippen molar-refractivity contribution in [1.29, 1.82) is 0 Å². The van der Waals surface area contributed by atoms with E-state index in [-0.39, 0.29) is 32.4 Å². The smallest absolute Gasteiger partial charge is 0.301 e. The first-order chi connectivity index (χ1) is 21.5. The van der Waals surface area contributed by atoms with E-state index in [0.717, 1.165) is 22.5 Å². The van der Waals surface area contributed by atoms with Crippen molar-refractivity contribution in [1.82, 2.24) is 19.6 Å². The first-order valence-electron chi connectivity index (χ1n) is 13.2. The topological polar surface area (TPSA) is 130 Å². The molecule has 1 aliphatic rings. The number of pyridine rings is 1. The van der Waals surface area contributed by atoms with Crippen LogP contribution in [-0.2, 0) is 15.3 Å². The number of anilines is 1. The number of aromatic hydroxyl groups is 1. The van der Waals surface area contributed by atoms with E-state index in [9.17, 15) is 19.8 Å². The second-order valence-corrected chi connectivity index (χ2v) is 13.9. The average Bonchev–Trinajstić information content (AvgIpc) is 3.69. The first-order valence-corrected chi connectivity index (χ1v) is 16.6. The fourth-order valence-corrected chi connectivity index (χ4v) is 7.95. The van der Waals surface area contributed by atoms with E-state index in [1.54, 1.807) is 35.7 Å². The van der Waals surface area contributed by atoms with Crippen LogP contribution in [0.2, 0.25) is 10.0 Å². The number of hydrogen-bond donors (Lipinski definition) is 2. The van der Waals surface area contributed by atoms with Crippen LogP contribution in [0.3, 0.4) is 0 Å². The minimum Gasteiger partial charge on any atom is -0.505 e. The molecule has 45 heavy (non-hydrogen) atoms. The lowest BCUT2D eigenvalue weighted by Crippen LogP contribution is -2.29. The van der Waals surface area contributed by atoms with Crippen LogP contribution in [-0.4, -0.2) is 48.6 Å². The van der Waals surface area contributed by atoms with Crippen LogP contribution in [0, 0.1) is 13.8 Å². The Labute approximate surface area is 283 Å². The number of aromatic nitrogens is 4.